The number of piperidine rings is 1. The Labute approximate surface area is 176 Å². The number of nitrogen functional groups attached to an aromatic ring is 1. The maximum Gasteiger partial charge on any atom is 0.416 e. The number of alkyl halides is 3. The Morgan fingerprint density at radius 3 is 2.58 bits per heavy atom. The molecule has 2 aromatic heterocycles. The highest BCUT2D eigenvalue weighted by Crippen LogP contribution is 2.35. The zero-order valence-electron chi connectivity index (χ0n) is 16.8. The highest BCUT2D eigenvalue weighted by molar-refractivity contribution is 5.91. The molecule has 2 N–H and O–H groups in total. The predicted octanol–water partition coefficient (Wildman–Crippen LogP) is 3.50. The number of halogens is 3. The molecule has 0 aliphatic carbocycles. The van der Waals surface area contributed by atoms with Gasteiger partial charge < -0.3 is 15.2 Å². The zero-order valence-corrected chi connectivity index (χ0v) is 16.8. The lowest BCUT2D eigenvalue weighted by molar-refractivity contribution is -0.137. The van der Waals surface area contributed by atoms with Crippen molar-refractivity contribution in [2.45, 2.75) is 24.9 Å². The minimum Gasteiger partial charge on any atom is -0.368 e. The Morgan fingerprint density at radius 1 is 1.19 bits per heavy atom. The largest absolute Gasteiger partial charge is 0.416 e. The Morgan fingerprint density at radius 2 is 1.94 bits per heavy atom. The second kappa shape index (κ2) is 8.01. The average molecular weight is 430 g/mol. The SMILES string of the molecule is Cn1ccnc1C(=O)N1CCC[C@H](c2nc(N)ncc2-c2ccc(C(F)(F)F)cc2)C1. The van der Waals surface area contributed by atoms with Gasteiger partial charge in [0.15, 0.2) is 5.82 Å². The second-order valence-electron chi connectivity index (χ2n) is 7.55. The van der Waals surface area contributed by atoms with Crippen molar-refractivity contribution in [3.63, 3.8) is 0 Å². The van der Waals surface area contributed by atoms with Crippen molar-refractivity contribution < 1.29 is 18.0 Å². The first kappa shape index (κ1) is 20.8. The van der Waals surface area contributed by atoms with Crippen LogP contribution in [0.25, 0.3) is 11.1 Å². The first-order valence-electron chi connectivity index (χ1n) is 9.80. The van der Waals surface area contributed by atoms with E-state index in [9.17, 15) is 18.0 Å². The van der Waals surface area contributed by atoms with Gasteiger partial charge in [-0.2, -0.15) is 13.2 Å². The number of carbonyl (C=O) groups is 1. The maximum atomic E-state index is 12.9. The quantitative estimate of drug-likeness (QED) is 0.687. The van der Waals surface area contributed by atoms with Crippen LogP contribution in [0.15, 0.2) is 42.9 Å². The van der Waals surface area contributed by atoms with Crippen molar-refractivity contribution in [3.8, 4) is 11.1 Å². The maximum absolute atomic E-state index is 12.9. The van der Waals surface area contributed by atoms with Crippen LogP contribution in [0.3, 0.4) is 0 Å². The molecule has 1 aromatic carbocycles. The zero-order chi connectivity index (χ0) is 22.2. The third-order valence-electron chi connectivity index (χ3n) is 5.47. The van der Waals surface area contributed by atoms with Crippen molar-refractivity contribution in [2.75, 3.05) is 18.8 Å². The van der Waals surface area contributed by atoms with Crippen molar-refractivity contribution in [2.24, 2.45) is 7.05 Å². The summed E-state index contributed by atoms with van der Waals surface area (Å²) in [5.74, 6) is 0.139. The summed E-state index contributed by atoms with van der Waals surface area (Å²) in [6.07, 6.45) is 1.94. The Balaban J connectivity index is 1.64. The molecule has 7 nitrogen and oxygen atoms in total. The number of rotatable bonds is 3. The van der Waals surface area contributed by atoms with Crippen molar-refractivity contribution in [3.05, 3.63) is 59.9 Å². The third-order valence-corrected chi connectivity index (χ3v) is 5.47. The van der Waals surface area contributed by atoms with E-state index in [2.05, 4.69) is 15.0 Å². The molecule has 1 aliphatic heterocycles. The van der Waals surface area contributed by atoms with Crippen LogP contribution in [0, 0.1) is 0 Å². The molecule has 1 saturated heterocycles. The molecule has 4 rings (SSSR count). The summed E-state index contributed by atoms with van der Waals surface area (Å²) in [5.41, 5.74) is 6.90. The first-order chi connectivity index (χ1) is 14.7. The van der Waals surface area contributed by atoms with E-state index in [0.717, 1.165) is 25.0 Å². The summed E-state index contributed by atoms with van der Waals surface area (Å²) in [4.78, 5) is 27.2. The van der Waals surface area contributed by atoms with Gasteiger partial charge in [0.25, 0.3) is 5.91 Å². The monoisotopic (exact) mass is 430 g/mol. The number of imidazole rings is 1. The van der Waals surface area contributed by atoms with E-state index in [4.69, 9.17) is 5.73 Å². The molecule has 0 saturated carbocycles. The van der Waals surface area contributed by atoms with E-state index in [1.807, 2.05) is 0 Å². The molecule has 3 aromatic rings. The molecular formula is C21H21F3N6O. The van der Waals surface area contributed by atoms with Gasteiger partial charge >= 0.3 is 6.18 Å². The molecule has 1 atom stereocenters. The lowest BCUT2D eigenvalue weighted by Crippen LogP contribution is -2.40. The van der Waals surface area contributed by atoms with Gasteiger partial charge in [0.2, 0.25) is 5.95 Å². The minimum atomic E-state index is -4.41. The molecule has 0 radical (unpaired) electrons. The number of amides is 1. The summed E-state index contributed by atoms with van der Waals surface area (Å²) < 4.78 is 40.4. The van der Waals surface area contributed by atoms with Crippen molar-refractivity contribution >= 4 is 11.9 Å². The molecule has 1 aliphatic rings. The lowest BCUT2D eigenvalue weighted by Gasteiger charge is -2.33. The summed E-state index contributed by atoms with van der Waals surface area (Å²) in [5, 5.41) is 0. The number of nitrogens with zero attached hydrogens (tertiary/aromatic N) is 5. The Hall–Kier alpha value is -3.43. The molecule has 3 heterocycles. The standard InChI is InChI=1S/C21H21F3N6O/c1-29-10-8-26-18(29)19(31)30-9-2-3-14(12-30)17-16(11-27-20(25)28-17)13-4-6-15(7-5-13)21(22,23)24/h4-8,10-11,14H,2-3,9,12H2,1H3,(H2,25,27,28)/t14-/m0/s1. The molecule has 0 spiro atoms. The van der Waals surface area contributed by atoms with E-state index in [0.29, 0.717) is 35.7 Å². The number of hydrogen-bond acceptors (Lipinski definition) is 5. The van der Waals surface area contributed by atoms with Crippen LogP contribution < -0.4 is 5.73 Å². The van der Waals surface area contributed by atoms with Gasteiger partial charge in [-0.25, -0.2) is 15.0 Å². The number of aryl methyl sites for hydroxylation is 1. The highest BCUT2D eigenvalue weighted by atomic mass is 19.4. The first-order valence-corrected chi connectivity index (χ1v) is 9.80. The van der Waals surface area contributed by atoms with Gasteiger partial charge in [-0.3, -0.25) is 4.79 Å². The summed E-state index contributed by atoms with van der Waals surface area (Å²) in [6, 6.07) is 4.88. The molecule has 1 amide bonds. The number of aromatic nitrogens is 4. The van der Waals surface area contributed by atoms with Crippen LogP contribution >= 0.6 is 0 Å². The van der Waals surface area contributed by atoms with Gasteiger partial charge in [-0.1, -0.05) is 12.1 Å². The summed E-state index contributed by atoms with van der Waals surface area (Å²) in [6.45, 7) is 1.01. The molecular weight excluding hydrogens is 409 g/mol. The van der Waals surface area contributed by atoms with Gasteiger partial charge in [0, 0.05) is 50.2 Å². The molecule has 31 heavy (non-hydrogen) atoms. The highest BCUT2D eigenvalue weighted by Gasteiger charge is 2.32. The van der Waals surface area contributed by atoms with E-state index >= 15 is 0 Å². The molecule has 0 bridgehead atoms. The molecule has 10 heteroatoms. The smallest absolute Gasteiger partial charge is 0.368 e. The fourth-order valence-corrected chi connectivity index (χ4v) is 3.88. The fourth-order valence-electron chi connectivity index (χ4n) is 3.88. The average Bonchev–Trinajstić information content (AvgIpc) is 3.18. The summed E-state index contributed by atoms with van der Waals surface area (Å²) in [7, 11) is 1.76. The molecule has 1 fully saturated rings. The molecule has 0 unspecified atom stereocenters. The Bertz CT molecular complexity index is 1090. The van der Waals surface area contributed by atoms with Crippen LogP contribution in [-0.2, 0) is 13.2 Å². The van der Waals surface area contributed by atoms with E-state index in [1.165, 1.54) is 18.3 Å². The fraction of sp³-hybridized carbons (Fsp3) is 0.333. The van der Waals surface area contributed by atoms with Crippen LogP contribution in [0.5, 0.6) is 0 Å². The topological polar surface area (TPSA) is 89.9 Å². The minimum absolute atomic E-state index is 0.0817. The number of anilines is 1. The molecule has 162 valence electrons. The van der Waals surface area contributed by atoms with E-state index < -0.39 is 11.7 Å². The van der Waals surface area contributed by atoms with Gasteiger partial charge in [-0.05, 0) is 30.5 Å². The van der Waals surface area contributed by atoms with E-state index in [-0.39, 0.29) is 17.8 Å². The van der Waals surface area contributed by atoms with Crippen LogP contribution in [0.4, 0.5) is 19.1 Å². The van der Waals surface area contributed by atoms with Gasteiger partial charge in [-0.15, -0.1) is 0 Å². The van der Waals surface area contributed by atoms with Gasteiger partial charge in [0.05, 0.1) is 11.3 Å². The van der Waals surface area contributed by atoms with Crippen LogP contribution in [-0.4, -0.2) is 43.4 Å². The number of likely N-dealkylation sites (tertiary alicyclic amines) is 1. The van der Waals surface area contributed by atoms with Gasteiger partial charge in [0.1, 0.15) is 0 Å². The van der Waals surface area contributed by atoms with Crippen molar-refractivity contribution in [1.82, 2.24) is 24.4 Å². The lowest BCUT2D eigenvalue weighted by atomic mass is 9.89. The Kier molecular flexibility index (Phi) is 5.38. The number of benzene rings is 1. The summed E-state index contributed by atoms with van der Waals surface area (Å²) >= 11 is 0. The predicted molar refractivity (Wildman–Crippen MR) is 108 cm³/mol. The van der Waals surface area contributed by atoms with Crippen LogP contribution in [0.1, 0.15) is 40.6 Å². The number of carbonyl (C=O) groups excluding carboxylic acids is 1. The van der Waals surface area contributed by atoms with E-state index in [1.54, 1.807) is 28.9 Å². The number of nitrogens with two attached hydrogens (primary N) is 1. The third kappa shape index (κ3) is 4.23. The van der Waals surface area contributed by atoms with Crippen molar-refractivity contribution in [1.29, 1.82) is 0 Å². The normalized spacial score (nSPS) is 17.0. The second-order valence-corrected chi connectivity index (χ2v) is 7.55. The number of hydrogen-bond donors (Lipinski definition) is 1. The van der Waals surface area contributed by atoms with Crippen LogP contribution in [0.2, 0.25) is 0 Å².